The predicted octanol–water partition coefficient (Wildman–Crippen LogP) is 11.3. The first kappa shape index (κ1) is 37.5. The molecule has 44 heavy (non-hydrogen) atoms. The fraction of sp³-hybridized carbons (Fsp3) is 0.667. The van der Waals surface area contributed by atoms with E-state index >= 15 is 0 Å². The van der Waals surface area contributed by atoms with E-state index in [-0.39, 0.29) is 5.78 Å². The van der Waals surface area contributed by atoms with E-state index in [1.54, 1.807) is 0 Å². The molecular weight excluding hydrogens is 548 g/mol. The van der Waals surface area contributed by atoms with Gasteiger partial charge in [0, 0.05) is 6.42 Å². The number of ketones is 1. The highest BCUT2D eigenvalue weighted by atomic mass is 16.5. The van der Waals surface area contributed by atoms with Crippen molar-refractivity contribution in [1.82, 2.24) is 0 Å². The van der Waals surface area contributed by atoms with Gasteiger partial charge in [-0.25, -0.2) is 0 Å². The van der Waals surface area contributed by atoms with Crippen LogP contribution in [0.3, 0.4) is 0 Å². The van der Waals surface area contributed by atoms with Crippen molar-refractivity contribution in [1.29, 1.82) is 0 Å². The fourth-order valence-electron chi connectivity index (χ4n) is 5.21. The molecule has 2 rings (SSSR count). The lowest BCUT2D eigenvalue weighted by molar-refractivity contribution is 0.0977. The lowest BCUT2D eigenvalue weighted by atomic mass is 10.0. The SMILES string of the molecule is CCCCCCOc1ccc(OCCCCCC)c(CCC(=O)c2cccc(OCCCCCC)c2OCCCCCC)c1. The molecular formula is C39H62O5. The van der Waals surface area contributed by atoms with Gasteiger partial charge in [0.15, 0.2) is 17.3 Å². The van der Waals surface area contributed by atoms with Gasteiger partial charge in [-0.3, -0.25) is 4.79 Å². The average molecular weight is 611 g/mol. The summed E-state index contributed by atoms with van der Waals surface area (Å²) in [6.07, 6.45) is 19.2. The van der Waals surface area contributed by atoms with E-state index in [0.717, 1.165) is 55.6 Å². The molecule has 0 aliphatic heterocycles. The van der Waals surface area contributed by atoms with Gasteiger partial charge < -0.3 is 18.9 Å². The zero-order valence-electron chi connectivity index (χ0n) is 28.6. The molecule has 0 saturated heterocycles. The summed E-state index contributed by atoms with van der Waals surface area (Å²) in [4.78, 5) is 13.7. The summed E-state index contributed by atoms with van der Waals surface area (Å²) in [6.45, 7) is 11.5. The lowest BCUT2D eigenvalue weighted by Gasteiger charge is -2.17. The molecule has 0 atom stereocenters. The van der Waals surface area contributed by atoms with Crippen LogP contribution in [0.25, 0.3) is 0 Å². The van der Waals surface area contributed by atoms with Crippen molar-refractivity contribution in [2.45, 2.75) is 143 Å². The largest absolute Gasteiger partial charge is 0.494 e. The van der Waals surface area contributed by atoms with Crippen LogP contribution in [0.2, 0.25) is 0 Å². The molecule has 0 spiro atoms. The van der Waals surface area contributed by atoms with E-state index in [2.05, 4.69) is 33.8 Å². The number of carbonyl (C=O) groups is 1. The second-order valence-electron chi connectivity index (χ2n) is 12.0. The summed E-state index contributed by atoms with van der Waals surface area (Å²) in [7, 11) is 0. The Hall–Kier alpha value is -2.69. The van der Waals surface area contributed by atoms with Crippen LogP contribution in [0.5, 0.6) is 23.0 Å². The Bertz CT molecular complexity index is 1020. The third-order valence-electron chi connectivity index (χ3n) is 7.95. The van der Waals surface area contributed by atoms with E-state index in [1.807, 2.05) is 30.3 Å². The number of carbonyl (C=O) groups excluding carboxylic acids is 1. The van der Waals surface area contributed by atoms with Crippen LogP contribution in [0.4, 0.5) is 0 Å². The summed E-state index contributed by atoms with van der Waals surface area (Å²) in [5.74, 6) is 3.03. The maximum absolute atomic E-state index is 13.7. The molecule has 0 heterocycles. The van der Waals surface area contributed by atoms with Crippen molar-refractivity contribution in [2.24, 2.45) is 0 Å². The van der Waals surface area contributed by atoms with E-state index < -0.39 is 0 Å². The van der Waals surface area contributed by atoms with Crippen LogP contribution < -0.4 is 18.9 Å². The van der Waals surface area contributed by atoms with Gasteiger partial charge in [-0.1, -0.05) is 111 Å². The lowest BCUT2D eigenvalue weighted by Crippen LogP contribution is -2.10. The first-order valence-electron chi connectivity index (χ1n) is 17.9. The van der Waals surface area contributed by atoms with Gasteiger partial charge >= 0.3 is 0 Å². The number of aryl methyl sites for hydroxylation is 1. The molecule has 5 nitrogen and oxygen atoms in total. The van der Waals surface area contributed by atoms with Crippen molar-refractivity contribution in [3.63, 3.8) is 0 Å². The second-order valence-corrected chi connectivity index (χ2v) is 12.0. The van der Waals surface area contributed by atoms with Crippen molar-refractivity contribution < 1.29 is 23.7 Å². The van der Waals surface area contributed by atoms with Crippen molar-refractivity contribution in [3.8, 4) is 23.0 Å². The number of rotatable bonds is 28. The number of Topliss-reactive ketones (excluding diaryl/α,β-unsaturated/α-hetero) is 1. The minimum Gasteiger partial charge on any atom is -0.494 e. The number of unbranched alkanes of at least 4 members (excludes halogenated alkanes) is 12. The summed E-state index contributed by atoms with van der Waals surface area (Å²) >= 11 is 0. The molecule has 0 unspecified atom stereocenters. The van der Waals surface area contributed by atoms with Crippen LogP contribution >= 0.6 is 0 Å². The zero-order valence-corrected chi connectivity index (χ0v) is 28.6. The van der Waals surface area contributed by atoms with Crippen molar-refractivity contribution in [3.05, 3.63) is 47.5 Å². The molecule has 5 heteroatoms. The Morgan fingerprint density at radius 3 is 1.64 bits per heavy atom. The minimum atomic E-state index is 0.0600. The summed E-state index contributed by atoms with van der Waals surface area (Å²) in [6, 6.07) is 11.8. The summed E-state index contributed by atoms with van der Waals surface area (Å²) in [5.41, 5.74) is 1.63. The van der Waals surface area contributed by atoms with Gasteiger partial charge in [-0.2, -0.15) is 0 Å². The van der Waals surface area contributed by atoms with Gasteiger partial charge in [0.25, 0.3) is 0 Å². The summed E-state index contributed by atoms with van der Waals surface area (Å²) < 4.78 is 24.8. The fourth-order valence-corrected chi connectivity index (χ4v) is 5.21. The van der Waals surface area contributed by atoms with Gasteiger partial charge in [-0.05, 0) is 68.0 Å². The molecule has 0 radical (unpaired) electrons. The molecule has 248 valence electrons. The zero-order chi connectivity index (χ0) is 31.7. The molecule has 2 aromatic carbocycles. The molecule has 0 fully saturated rings. The van der Waals surface area contributed by atoms with E-state index in [1.165, 1.54) is 64.2 Å². The van der Waals surface area contributed by atoms with Crippen LogP contribution in [-0.4, -0.2) is 32.2 Å². The minimum absolute atomic E-state index is 0.0600. The molecule has 0 bridgehead atoms. The molecule has 0 N–H and O–H groups in total. The van der Waals surface area contributed by atoms with Crippen molar-refractivity contribution >= 4 is 5.78 Å². The number of hydrogen-bond donors (Lipinski definition) is 0. The molecule has 0 amide bonds. The van der Waals surface area contributed by atoms with Crippen LogP contribution in [-0.2, 0) is 6.42 Å². The molecule has 0 saturated carbocycles. The third-order valence-corrected chi connectivity index (χ3v) is 7.95. The summed E-state index contributed by atoms with van der Waals surface area (Å²) in [5, 5.41) is 0. The number of hydrogen-bond acceptors (Lipinski definition) is 5. The molecule has 0 aliphatic rings. The van der Waals surface area contributed by atoms with Crippen molar-refractivity contribution in [2.75, 3.05) is 26.4 Å². The van der Waals surface area contributed by atoms with E-state index in [9.17, 15) is 4.79 Å². The van der Waals surface area contributed by atoms with Gasteiger partial charge in [0.1, 0.15) is 11.5 Å². The topological polar surface area (TPSA) is 54.0 Å². The Balaban J connectivity index is 2.15. The van der Waals surface area contributed by atoms with Gasteiger partial charge in [0.2, 0.25) is 0 Å². The quantitative estimate of drug-likeness (QED) is 0.0708. The molecule has 0 aromatic heterocycles. The monoisotopic (exact) mass is 610 g/mol. The Morgan fingerprint density at radius 2 is 1.07 bits per heavy atom. The Morgan fingerprint density at radius 1 is 0.545 bits per heavy atom. The molecule has 2 aromatic rings. The van der Waals surface area contributed by atoms with Crippen LogP contribution in [0, 0.1) is 0 Å². The number of benzene rings is 2. The van der Waals surface area contributed by atoms with E-state index in [0.29, 0.717) is 56.3 Å². The maximum Gasteiger partial charge on any atom is 0.171 e. The first-order valence-corrected chi connectivity index (χ1v) is 17.9. The highest BCUT2D eigenvalue weighted by Gasteiger charge is 2.19. The van der Waals surface area contributed by atoms with Gasteiger partial charge in [-0.15, -0.1) is 0 Å². The van der Waals surface area contributed by atoms with E-state index in [4.69, 9.17) is 18.9 Å². The first-order chi connectivity index (χ1) is 21.6. The maximum atomic E-state index is 13.7. The number of ether oxygens (including phenoxy) is 4. The number of para-hydroxylation sites is 1. The Labute approximate surface area is 269 Å². The predicted molar refractivity (Wildman–Crippen MR) is 184 cm³/mol. The molecule has 0 aliphatic carbocycles. The highest BCUT2D eigenvalue weighted by Crippen LogP contribution is 2.34. The smallest absolute Gasteiger partial charge is 0.171 e. The Kier molecular flexibility index (Phi) is 21.0. The van der Waals surface area contributed by atoms with Gasteiger partial charge in [0.05, 0.1) is 32.0 Å². The highest BCUT2D eigenvalue weighted by molar-refractivity contribution is 5.99. The standard InChI is InChI=1S/C39H62O5/c1-5-9-13-17-28-41-34-25-27-37(42-29-18-14-10-6-2)33(32-34)24-26-36(40)35-22-21-23-38(43-30-19-15-11-7-3)39(35)44-31-20-16-12-8-4/h21-23,25,27,32H,5-20,24,26,28-31H2,1-4H3. The third kappa shape index (κ3) is 15.3. The van der Waals surface area contributed by atoms with Crippen LogP contribution in [0.15, 0.2) is 36.4 Å². The second kappa shape index (κ2) is 24.6. The van der Waals surface area contributed by atoms with Crippen LogP contribution in [0.1, 0.15) is 153 Å². The average Bonchev–Trinajstić information content (AvgIpc) is 3.04. The normalized spacial score (nSPS) is 11.0.